The summed E-state index contributed by atoms with van der Waals surface area (Å²) in [4.78, 5) is 41.6. The number of barbiturate groups is 1. The van der Waals surface area contributed by atoms with E-state index in [2.05, 4.69) is 55.0 Å². The van der Waals surface area contributed by atoms with E-state index >= 15 is 0 Å². The Morgan fingerprint density at radius 1 is 0.889 bits per heavy atom. The second kappa shape index (κ2) is 9.75. The second-order valence-electron chi connectivity index (χ2n) is 8.71. The lowest BCUT2D eigenvalue weighted by atomic mass is 10.1. The van der Waals surface area contributed by atoms with Crippen LogP contribution in [0.4, 0.5) is 16.2 Å². The lowest BCUT2D eigenvalue weighted by Crippen LogP contribution is -2.54. The molecule has 0 saturated carbocycles. The molecular formula is C27H25BrN4O4. The molecule has 2 fully saturated rings. The smallest absolute Gasteiger partial charge is 0.335 e. The Morgan fingerprint density at radius 2 is 1.50 bits per heavy atom. The third kappa shape index (κ3) is 4.47. The Bertz CT molecular complexity index is 1370. The van der Waals surface area contributed by atoms with Gasteiger partial charge in [0.1, 0.15) is 5.57 Å². The molecule has 4 amide bonds. The van der Waals surface area contributed by atoms with Crippen LogP contribution in [0.2, 0.25) is 0 Å². The van der Waals surface area contributed by atoms with Gasteiger partial charge >= 0.3 is 6.03 Å². The quantitative estimate of drug-likeness (QED) is 0.387. The highest BCUT2D eigenvalue weighted by atomic mass is 79.9. The van der Waals surface area contributed by atoms with Crippen LogP contribution in [-0.2, 0) is 14.3 Å². The molecular weight excluding hydrogens is 524 g/mol. The standard InChI is InChI=1S/C27H25BrN4O4/c1-17-15-19(18(2)31(17)22-9-7-21(8-10-22)30-11-13-36-14-12-30)16-24-25(33)29-27(35)32(26(24)34)23-5-3-20(28)4-6-23/h3-10,15-16H,11-14H2,1-2H3,(H,29,33,35)/b24-16+. The number of amides is 4. The van der Waals surface area contributed by atoms with Gasteiger partial charge in [-0.05, 0) is 80.1 Å². The zero-order valence-corrected chi connectivity index (χ0v) is 21.5. The summed E-state index contributed by atoms with van der Waals surface area (Å²) in [6, 6.07) is 16.2. The molecule has 2 saturated heterocycles. The van der Waals surface area contributed by atoms with Gasteiger partial charge in [-0.15, -0.1) is 0 Å². The van der Waals surface area contributed by atoms with Crippen molar-refractivity contribution in [3.05, 3.63) is 81.6 Å². The molecule has 3 heterocycles. The maximum atomic E-state index is 13.2. The molecule has 2 aliphatic heterocycles. The Labute approximate surface area is 217 Å². The molecule has 1 aromatic heterocycles. The SMILES string of the molecule is Cc1cc(/C=C2\C(=O)NC(=O)N(c3ccc(Br)cc3)C2=O)c(C)n1-c1ccc(N2CCOCC2)cc1. The summed E-state index contributed by atoms with van der Waals surface area (Å²) in [5.41, 5.74) is 4.99. The number of anilines is 2. The molecule has 1 N–H and O–H groups in total. The highest BCUT2D eigenvalue weighted by molar-refractivity contribution is 9.10. The fourth-order valence-corrected chi connectivity index (χ4v) is 4.87. The van der Waals surface area contributed by atoms with Gasteiger partial charge in [0.25, 0.3) is 11.8 Å². The van der Waals surface area contributed by atoms with Crippen molar-refractivity contribution in [3.63, 3.8) is 0 Å². The predicted molar refractivity (Wildman–Crippen MR) is 141 cm³/mol. The largest absolute Gasteiger partial charge is 0.378 e. The van der Waals surface area contributed by atoms with Gasteiger partial charge in [-0.2, -0.15) is 0 Å². The monoisotopic (exact) mass is 548 g/mol. The summed E-state index contributed by atoms with van der Waals surface area (Å²) in [5, 5.41) is 2.28. The van der Waals surface area contributed by atoms with Crippen molar-refractivity contribution in [2.24, 2.45) is 0 Å². The van der Waals surface area contributed by atoms with E-state index in [4.69, 9.17) is 4.74 Å². The first kappa shape index (κ1) is 24.0. The Balaban J connectivity index is 1.46. The molecule has 0 atom stereocenters. The molecule has 0 bridgehead atoms. The number of halogens is 1. The van der Waals surface area contributed by atoms with Crippen LogP contribution in [-0.4, -0.2) is 48.7 Å². The number of urea groups is 1. The van der Waals surface area contributed by atoms with Gasteiger partial charge in [-0.1, -0.05) is 15.9 Å². The number of carbonyl (C=O) groups is 3. The number of nitrogens with zero attached hydrogens (tertiary/aromatic N) is 3. The minimum atomic E-state index is -0.768. The number of hydrogen-bond acceptors (Lipinski definition) is 5. The van der Waals surface area contributed by atoms with Crippen molar-refractivity contribution in [2.75, 3.05) is 36.1 Å². The number of carbonyl (C=O) groups excluding carboxylic acids is 3. The van der Waals surface area contributed by atoms with Crippen LogP contribution in [0.15, 0.2) is 64.6 Å². The molecule has 2 aliphatic rings. The Hall–Kier alpha value is -3.69. The van der Waals surface area contributed by atoms with E-state index in [1.54, 1.807) is 30.3 Å². The van der Waals surface area contributed by atoms with Gasteiger partial charge < -0.3 is 14.2 Å². The minimum Gasteiger partial charge on any atom is -0.378 e. The molecule has 5 rings (SSSR count). The molecule has 184 valence electrons. The number of morpholine rings is 1. The average Bonchev–Trinajstić information content (AvgIpc) is 3.16. The predicted octanol–water partition coefficient (Wildman–Crippen LogP) is 4.36. The fourth-order valence-electron chi connectivity index (χ4n) is 4.60. The van der Waals surface area contributed by atoms with Crippen LogP contribution in [0.5, 0.6) is 0 Å². The van der Waals surface area contributed by atoms with E-state index in [1.165, 1.54) is 0 Å². The van der Waals surface area contributed by atoms with Crippen LogP contribution >= 0.6 is 15.9 Å². The zero-order valence-electron chi connectivity index (χ0n) is 20.0. The summed E-state index contributed by atoms with van der Waals surface area (Å²) >= 11 is 3.35. The molecule has 3 aromatic rings. The third-order valence-electron chi connectivity index (χ3n) is 6.44. The van der Waals surface area contributed by atoms with E-state index in [1.807, 2.05) is 19.9 Å². The first-order valence-electron chi connectivity index (χ1n) is 11.6. The maximum Gasteiger partial charge on any atom is 0.335 e. The molecule has 2 aromatic carbocycles. The van der Waals surface area contributed by atoms with Crippen molar-refractivity contribution in [1.29, 1.82) is 0 Å². The molecule has 8 nitrogen and oxygen atoms in total. The van der Waals surface area contributed by atoms with Gasteiger partial charge in [0.15, 0.2) is 0 Å². The van der Waals surface area contributed by atoms with E-state index in [9.17, 15) is 14.4 Å². The normalized spacial score (nSPS) is 17.6. The van der Waals surface area contributed by atoms with Gasteiger partial charge in [0, 0.05) is 40.3 Å². The van der Waals surface area contributed by atoms with Crippen molar-refractivity contribution >= 4 is 51.2 Å². The van der Waals surface area contributed by atoms with Crippen LogP contribution in [0.25, 0.3) is 11.8 Å². The molecule has 9 heteroatoms. The number of benzene rings is 2. The number of aryl methyl sites for hydroxylation is 1. The van der Waals surface area contributed by atoms with Gasteiger partial charge in [-0.3, -0.25) is 14.9 Å². The number of aromatic nitrogens is 1. The first-order valence-corrected chi connectivity index (χ1v) is 12.4. The average molecular weight is 549 g/mol. The maximum absolute atomic E-state index is 13.2. The summed E-state index contributed by atoms with van der Waals surface area (Å²) in [6.07, 6.45) is 1.55. The minimum absolute atomic E-state index is 0.0968. The van der Waals surface area contributed by atoms with E-state index < -0.39 is 17.8 Å². The van der Waals surface area contributed by atoms with Crippen molar-refractivity contribution in [3.8, 4) is 5.69 Å². The van der Waals surface area contributed by atoms with Crippen molar-refractivity contribution in [2.45, 2.75) is 13.8 Å². The summed E-state index contributed by atoms with van der Waals surface area (Å²) in [5.74, 6) is -1.37. The van der Waals surface area contributed by atoms with Gasteiger partial charge in [0.05, 0.1) is 18.9 Å². The van der Waals surface area contributed by atoms with Crippen molar-refractivity contribution in [1.82, 2.24) is 9.88 Å². The Kier molecular flexibility index (Phi) is 6.51. The van der Waals surface area contributed by atoms with Crippen molar-refractivity contribution < 1.29 is 19.1 Å². The summed E-state index contributed by atoms with van der Waals surface area (Å²) in [7, 11) is 0. The van der Waals surface area contributed by atoms with E-state index in [0.717, 1.165) is 64.0 Å². The van der Waals surface area contributed by atoms with Crippen LogP contribution < -0.4 is 15.1 Å². The van der Waals surface area contributed by atoms with Crippen LogP contribution in [0.3, 0.4) is 0 Å². The van der Waals surface area contributed by atoms with Gasteiger partial charge in [-0.25, -0.2) is 9.69 Å². The Morgan fingerprint density at radius 3 is 2.17 bits per heavy atom. The topological polar surface area (TPSA) is 83.9 Å². The number of imide groups is 2. The number of nitrogens with one attached hydrogen (secondary N) is 1. The number of rotatable bonds is 4. The first-order chi connectivity index (χ1) is 17.3. The lowest BCUT2D eigenvalue weighted by molar-refractivity contribution is -0.122. The summed E-state index contributed by atoms with van der Waals surface area (Å²) in [6.45, 7) is 7.12. The zero-order chi connectivity index (χ0) is 25.4. The highest BCUT2D eigenvalue weighted by Gasteiger charge is 2.37. The van der Waals surface area contributed by atoms with E-state index in [0.29, 0.717) is 5.69 Å². The third-order valence-corrected chi connectivity index (χ3v) is 6.97. The second-order valence-corrected chi connectivity index (χ2v) is 9.63. The fraction of sp³-hybridized carbons (Fsp3) is 0.222. The van der Waals surface area contributed by atoms with Gasteiger partial charge in [0.2, 0.25) is 0 Å². The molecule has 0 unspecified atom stereocenters. The lowest BCUT2D eigenvalue weighted by Gasteiger charge is -2.29. The molecule has 0 aliphatic carbocycles. The van der Waals surface area contributed by atoms with Crippen LogP contribution in [0, 0.1) is 13.8 Å². The highest BCUT2D eigenvalue weighted by Crippen LogP contribution is 2.28. The molecule has 36 heavy (non-hydrogen) atoms. The number of hydrogen-bond donors (Lipinski definition) is 1. The molecule has 0 spiro atoms. The number of ether oxygens (including phenoxy) is 1. The van der Waals surface area contributed by atoms with E-state index in [-0.39, 0.29) is 5.57 Å². The van der Waals surface area contributed by atoms with Crippen LogP contribution in [0.1, 0.15) is 17.0 Å². The molecule has 0 radical (unpaired) electrons. The summed E-state index contributed by atoms with van der Waals surface area (Å²) < 4.78 is 8.34.